The first kappa shape index (κ1) is 14.3. The minimum absolute atomic E-state index is 0.00443. The van der Waals surface area contributed by atoms with Crippen LogP contribution in [0.5, 0.6) is 0 Å². The number of carbonyl (C=O) groups excluding carboxylic acids is 1. The third kappa shape index (κ3) is 3.45. The van der Waals surface area contributed by atoms with Crippen molar-refractivity contribution in [3.8, 4) is 0 Å². The first-order valence-corrected chi connectivity index (χ1v) is 7.58. The fourth-order valence-electron chi connectivity index (χ4n) is 2.35. The van der Waals surface area contributed by atoms with Gasteiger partial charge in [-0.1, -0.05) is 26.7 Å². The van der Waals surface area contributed by atoms with Crippen molar-refractivity contribution in [1.29, 1.82) is 0 Å². The summed E-state index contributed by atoms with van der Waals surface area (Å²) in [5.41, 5.74) is 0.542. The molecule has 0 atom stereocenters. The van der Waals surface area contributed by atoms with Crippen molar-refractivity contribution in [2.24, 2.45) is 0 Å². The summed E-state index contributed by atoms with van der Waals surface area (Å²) in [7, 11) is 0. The molecule has 1 fully saturated rings. The van der Waals surface area contributed by atoms with Gasteiger partial charge >= 0.3 is 6.03 Å². The lowest BCUT2D eigenvalue weighted by atomic mass is 9.99. The minimum Gasteiger partial charge on any atom is -0.394 e. The smallest absolute Gasteiger partial charge is 0.321 e. The van der Waals surface area contributed by atoms with E-state index in [9.17, 15) is 9.90 Å². The molecule has 0 unspecified atom stereocenters. The summed E-state index contributed by atoms with van der Waals surface area (Å²) in [6.45, 7) is 4.13. The Hall–Kier alpha value is -1.14. The number of thiazole rings is 1. The van der Waals surface area contributed by atoms with Crippen molar-refractivity contribution in [2.45, 2.75) is 51.0 Å². The monoisotopic (exact) mass is 283 g/mol. The van der Waals surface area contributed by atoms with E-state index >= 15 is 0 Å². The van der Waals surface area contributed by atoms with Gasteiger partial charge < -0.3 is 10.4 Å². The van der Waals surface area contributed by atoms with Crippen molar-refractivity contribution < 1.29 is 9.90 Å². The van der Waals surface area contributed by atoms with Gasteiger partial charge in [0, 0.05) is 5.38 Å². The second kappa shape index (κ2) is 5.88. The number of aliphatic hydroxyl groups is 1. The van der Waals surface area contributed by atoms with Gasteiger partial charge in [0.15, 0.2) is 5.13 Å². The number of aromatic nitrogens is 1. The minimum atomic E-state index is -0.442. The van der Waals surface area contributed by atoms with Crippen molar-refractivity contribution >= 4 is 22.5 Å². The van der Waals surface area contributed by atoms with E-state index in [1.165, 1.54) is 11.3 Å². The number of urea groups is 1. The molecule has 0 aliphatic heterocycles. The molecule has 1 heterocycles. The molecule has 0 saturated heterocycles. The molecule has 2 amide bonds. The van der Waals surface area contributed by atoms with E-state index < -0.39 is 5.54 Å². The van der Waals surface area contributed by atoms with Gasteiger partial charge in [0.25, 0.3) is 0 Å². The highest BCUT2D eigenvalue weighted by Crippen LogP contribution is 2.29. The standard InChI is InChI=1S/C13H21N3O2S/c1-9(2)10-7-19-12(14-10)15-11(18)16-13(8-17)5-3-4-6-13/h7,9,17H,3-6,8H2,1-2H3,(H2,14,15,16,18). The Labute approximate surface area is 117 Å². The Morgan fingerprint density at radius 1 is 1.53 bits per heavy atom. The highest BCUT2D eigenvalue weighted by Gasteiger charge is 2.34. The first-order valence-electron chi connectivity index (χ1n) is 6.70. The zero-order valence-corrected chi connectivity index (χ0v) is 12.2. The fourth-order valence-corrected chi connectivity index (χ4v) is 3.22. The Morgan fingerprint density at radius 2 is 2.21 bits per heavy atom. The summed E-state index contributed by atoms with van der Waals surface area (Å²) in [5.74, 6) is 0.355. The predicted octanol–water partition coefficient (Wildman–Crippen LogP) is 2.69. The van der Waals surface area contributed by atoms with Gasteiger partial charge in [-0.05, 0) is 18.8 Å². The number of rotatable bonds is 4. The number of nitrogens with zero attached hydrogens (tertiary/aromatic N) is 1. The summed E-state index contributed by atoms with van der Waals surface area (Å²) in [5, 5.41) is 17.7. The molecule has 0 bridgehead atoms. The van der Waals surface area contributed by atoms with Crippen LogP contribution in [0.25, 0.3) is 0 Å². The zero-order chi connectivity index (χ0) is 13.9. The van der Waals surface area contributed by atoms with Crippen LogP contribution in [-0.2, 0) is 0 Å². The normalized spacial score (nSPS) is 17.7. The van der Waals surface area contributed by atoms with E-state index in [0.717, 1.165) is 31.4 Å². The second-order valence-electron chi connectivity index (χ2n) is 5.46. The molecule has 1 aliphatic rings. The van der Waals surface area contributed by atoms with Crippen LogP contribution in [-0.4, -0.2) is 28.3 Å². The lowest BCUT2D eigenvalue weighted by Crippen LogP contribution is -2.50. The van der Waals surface area contributed by atoms with Gasteiger partial charge in [0.05, 0.1) is 17.8 Å². The Balaban J connectivity index is 1.93. The second-order valence-corrected chi connectivity index (χ2v) is 6.32. The molecule has 0 radical (unpaired) electrons. The molecular formula is C13H21N3O2S. The number of hydrogen-bond donors (Lipinski definition) is 3. The summed E-state index contributed by atoms with van der Waals surface area (Å²) < 4.78 is 0. The maximum absolute atomic E-state index is 11.9. The van der Waals surface area contributed by atoms with Gasteiger partial charge in [-0.15, -0.1) is 11.3 Å². The third-order valence-corrected chi connectivity index (χ3v) is 4.35. The SMILES string of the molecule is CC(C)c1csc(NC(=O)NC2(CO)CCCC2)n1. The highest BCUT2D eigenvalue weighted by molar-refractivity contribution is 7.13. The highest BCUT2D eigenvalue weighted by atomic mass is 32.1. The van der Waals surface area contributed by atoms with Gasteiger partial charge in [-0.2, -0.15) is 0 Å². The Kier molecular flexibility index (Phi) is 4.42. The van der Waals surface area contributed by atoms with Crippen LogP contribution in [0.1, 0.15) is 51.1 Å². The molecule has 106 valence electrons. The molecule has 19 heavy (non-hydrogen) atoms. The lowest BCUT2D eigenvalue weighted by molar-refractivity contribution is 0.167. The van der Waals surface area contributed by atoms with E-state index in [-0.39, 0.29) is 12.6 Å². The average Bonchev–Trinajstić information content (AvgIpc) is 2.99. The molecule has 3 N–H and O–H groups in total. The predicted molar refractivity (Wildman–Crippen MR) is 76.6 cm³/mol. The molecule has 1 aliphatic carbocycles. The van der Waals surface area contributed by atoms with E-state index in [1.807, 2.05) is 5.38 Å². The molecule has 2 rings (SSSR count). The molecule has 1 saturated carbocycles. The Bertz CT molecular complexity index is 439. The lowest BCUT2D eigenvalue weighted by Gasteiger charge is -2.27. The van der Waals surface area contributed by atoms with Gasteiger partial charge in [-0.25, -0.2) is 9.78 Å². The molecule has 0 aromatic carbocycles. The van der Waals surface area contributed by atoms with Crippen LogP contribution in [0.2, 0.25) is 0 Å². The average molecular weight is 283 g/mol. The number of hydrogen-bond acceptors (Lipinski definition) is 4. The topological polar surface area (TPSA) is 74.2 Å². The fraction of sp³-hybridized carbons (Fsp3) is 0.692. The summed E-state index contributed by atoms with van der Waals surface area (Å²) in [4.78, 5) is 16.3. The number of carbonyl (C=O) groups is 1. The number of aliphatic hydroxyl groups excluding tert-OH is 1. The van der Waals surface area contributed by atoms with Crippen LogP contribution < -0.4 is 10.6 Å². The van der Waals surface area contributed by atoms with E-state index in [0.29, 0.717) is 11.0 Å². The summed E-state index contributed by atoms with van der Waals surface area (Å²) in [6, 6.07) is -0.277. The molecule has 0 spiro atoms. The van der Waals surface area contributed by atoms with Crippen LogP contribution in [0.15, 0.2) is 5.38 Å². The number of nitrogens with one attached hydrogen (secondary N) is 2. The molecular weight excluding hydrogens is 262 g/mol. The number of anilines is 1. The Morgan fingerprint density at radius 3 is 2.74 bits per heavy atom. The van der Waals surface area contributed by atoms with Crippen molar-refractivity contribution in [2.75, 3.05) is 11.9 Å². The van der Waals surface area contributed by atoms with Gasteiger partial charge in [0.1, 0.15) is 0 Å². The zero-order valence-electron chi connectivity index (χ0n) is 11.4. The van der Waals surface area contributed by atoms with Gasteiger partial charge in [0.2, 0.25) is 0 Å². The summed E-state index contributed by atoms with van der Waals surface area (Å²) >= 11 is 1.43. The van der Waals surface area contributed by atoms with E-state index in [2.05, 4.69) is 29.5 Å². The maximum Gasteiger partial charge on any atom is 0.321 e. The molecule has 1 aromatic heterocycles. The van der Waals surface area contributed by atoms with E-state index in [4.69, 9.17) is 0 Å². The number of amides is 2. The molecule has 1 aromatic rings. The van der Waals surface area contributed by atoms with Crippen LogP contribution in [0.4, 0.5) is 9.93 Å². The quantitative estimate of drug-likeness (QED) is 0.795. The van der Waals surface area contributed by atoms with Crippen LogP contribution in [0.3, 0.4) is 0 Å². The largest absolute Gasteiger partial charge is 0.394 e. The third-order valence-electron chi connectivity index (χ3n) is 3.58. The molecule has 6 heteroatoms. The van der Waals surface area contributed by atoms with Crippen molar-refractivity contribution in [1.82, 2.24) is 10.3 Å². The maximum atomic E-state index is 11.9. The summed E-state index contributed by atoms with van der Waals surface area (Å²) in [6.07, 6.45) is 3.78. The molecule has 5 nitrogen and oxygen atoms in total. The van der Waals surface area contributed by atoms with E-state index in [1.54, 1.807) is 0 Å². The van der Waals surface area contributed by atoms with Crippen molar-refractivity contribution in [3.05, 3.63) is 11.1 Å². The van der Waals surface area contributed by atoms with Crippen molar-refractivity contribution in [3.63, 3.8) is 0 Å². The van der Waals surface area contributed by atoms with Crippen LogP contribution >= 0.6 is 11.3 Å². The first-order chi connectivity index (χ1) is 9.04. The van der Waals surface area contributed by atoms with Gasteiger partial charge in [-0.3, -0.25) is 5.32 Å². The van der Waals surface area contributed by atoms with Crippen LogP contribution in [0, 0.1) is 0 Å².